The zero-order chi connectivity index (χ0) is 26.6. The van der Waals surface area contributed by atoms with E-state index in [0.29, 0.717) is 41.2 Å². The van der Waals surface area contributed by atoms with Crippen molar-refractivity contribution < 1.29 is 22.6 Å². The number of hydrogen-bond acceptors (Lipinski definition) is 9. The topological polar surface area (TPSA) is 130 Å². The number of rotatable bonds is 9. The number of benzene rings is 1. The summed E-state index contributed by atoms with van der Waals surface area (Å²) < 4.78 is 45.8. The Morgan fingerprint density at radius 3 is 2.38 bits per heavy atom. The molecule has 0 fully saturated rings. The lowest BCUT2D eigenvalue weighted by Gasteiger charge is -2.16. The van der Waals surface area contributed by atoms with E-state index in [0.717, 1.165) is 0 Å². The summed E-state index contributed by atoms with van der Waals surface area (Å²) in [4.78, 5) is 18.0. The number of ether oxygens (including phenoxy) is 3. The van der Waals surface area contributed by atoms with Crippen molar-refractivity contribution in [3.05, 3.63) is 41.6 Å². The van der Waals surface area contributed by atoms with Crippen LogP contribution in [0.15, 0.2) is 36.4 Å². The first kappa shape index (κ1) is 26.0. The molecule has 0 amide bonds. The molecule has 0 saturated carbocycles. The highest BCUT2D eigenvalue weighted by Gasteiger charge is 2.25. The van der Waals surface area contributed by atoms with Crippen molar-refractivity contribution in [2.75, 3.05) is 31.3 Å². The highest BCUT2D eigenvalue weighted by molar-refractivity contribution is 7.92. The molecule has 4 rings (SSSR count). The van der Waals surface area contributed by atoms with Crippen LogP contribution in [0.3, 0.4) is 0 Å². The summed E-state index contributed by atoms with van der Waals surface area (Å²) >= 11 is 6.31. The van der Waals surface area contributed by atoms with Crippen molar-refractivity contribution in [2.45, 2.75) is 13.8 Å². The van der Waals surface area contributed by atoms with E-state index >= 15 is 0 Å². The number of aromatic nitrogens is 5. The molecule has 1 N–H and O–H groups in total. The van der Waals surface area contributed by atoms with E-state index < -0.39 is 15.8 Å². The molecule has 0 atom stereocenters. The van der Waals surface area contributed by atoms with Gasteiger partial charge in [-0.25, -0.2) is 28.4 Å². The number of imidazole rings is 1. The zero-order valence-electron chi connectivity index (χ0n) is 20.4. The summed E-state index contributed by atoms with van der Waals surface area (Å²) in [7, 11) is -0.835. The molecule has 13 heteroatoms. The Bertz CT molecular complexity index is 1610. The maximum atomic E-state index is 12.5. The van der Waals surface area contributed by atoms with Gasteiger partial charge in [-0.3, -0.25) is 9.29 Å². The van der Waals surface area contributed by atoms with Crippen LogP contribution in [0.5, 0.6) is 17.4 Å². The van der Waals surface area contributed by atoms with Crippen molar-refractivity contribution in [3.8, 4) is 46.4 Å². The fourth-order valence-corrected chi connectivity index (χ4v) is 4.56. The average molecular weight is 543 g/mol. The number of anilines is 1. The van der Waals surface area contributed by atoms with Gasteiger partial charge < -0.3 is 14.2 Å². The van der Waals surface area contributed by atoms with Crippen LogP contribution in [0.4, 0.5) is 5.82 Å². The van der Waals surface area contributed by atoms with Crippen LogP contribution in [-0.2, 0) is 10.0 Å². The first-order chi connectivity index (χ1) is 17.8. The first-order valence-electron chi connectivity index (χ1n) is 11.0. The lowest BCUT2D eigenvalue weighted by atomic mass is 10.2. The van der Waals surface area contributed by atoms with Gasteiger partial charge in [-0.1, -0.05) is 29.7 Å². The average Bonchev–Trinajstić information content (AvgIpc) is 3.25. The highest BCUT2D eigenvalue weighted by Crippen LogP contribution is 2.38. The van der Waals surface area contributed by atoms with Crippen molar-refractivity contribution in [1.82, 2.24) is 24.5 Å². The molecule has 0 radical (unpaired) electrons. The first-order valence-corrected chi connectivity index (χ1v) is 13.0. The maximum absolute atomic E-state index is 12.5. The van der Waals surface area contributed by atoms with Gasteiger partial charge in [0.1, 0.15) is 28.6 Å². The van der Waals surface area contributed by atoms with Gasteiger partial charge in [-0.15, -0.1) is 5.92 Å². The van der Waals surface area contributed by atoms with Gasteiger partial charge in [-0.05, 0) is 32.0 Å². The number of halogens is 1. The van der Waals surface area contributed by atoms with E-state index in [9.17, 15) is 8.42 Å². The second-order valence-electron chi connectivity index (χ2n) is 7.37. The minimum Gasteiger partial charge on any atom is -0.494 e. The Balaban J connectivity index is 2.04. The van der Waals surface area contributed by atoms with Crippen molar-refractivity contribution >= 4 is 38.7 Å². The fourth-order valence-electron chi connectivity index (χ4n) is 3.49. The van der Waals surface area contributed by atoms with E-state index in [1.807, 2.05) is 6.92 Å². The predicted molar refractivity (Wildman–Crippen MR) is 140 cm³/mol. The molecule has 192 valence electrons. The second kappa shape index (κ2) is 10.9. The van der Waals surface area contributed by atoms with Crippen LogP contribution >= 0.6 is 11.6 Å². The molecule has 3 aromatic heterocycles. The Hall–Kier alpha value is -4.08. The smallest absolute Gasteiger partial charge is 0.245 e. The third kappa shape index (κ3) is 5.37. The van der Waals surface area contributed by atoms with E-state index in [1.165, 1.54) is 14.2 Å². The van der Waals surface area contributed by atoms with Gasteiger partial charge >= 0.3 is 0 Å². The van der Waals surface area contributed by atoms with Gasteiger partial charge in [0.25, 0.3) is 0 Å². The normalized spacial score (nSPS) is 11.1. The zero-order valence-corrected chi connectivity index (χ0v) is 22.0. The number of hydrogen-bond donors (Lipinski definition) is 1. The van der Waals surface area contributed by atoms with Gasteiger partial charge in [0.2, 0.25) is 15.9 Å². The molecule has 0 unspecified atom stereocenters. The third-order valence-corrected chi connectivity index (χ3v) is 6.31. The van der Waals surface area contributed by atoms with Crippen molar-refractivity contribution in [3.63, 3.8) is 0 Å². The van der Waals surface area contributed by atoms with Crippen LogP contribution in [0, 0.1) is 11.8 Å². The number of pyridine rings is 1. The van der Waals surface area contributed by atoms with Gasteiger partial charge in [-0.2, -0.15) is 0 Å². The Kier molecular flexibility index (Phi) is 7.66. The molecule has 37 heavy (non-hydrogen) atoms. The molecule has 0 saturated heterocycles. The molecule has 0 aliphatic heterocycles. The second-order valence-corrected chi connectivity index (χ2v) is 9.45. The molecule has 3 heterocycles. The van der Waals surface area contributed by atoms with E-state index in [4.69, 9.17) is 25.8 Å². The van der Waals surface area contributed by atoms with E-state index in [1.54, 1.807) is 47.9 Å². The predicted octanol–water partition coefficient (Wildman–Crippen LogP) is 3.71. The number of fused-ring (bicyclic) bond motifs is 1. The maximum Gasteiger partial charge on any atom is 0.245 e. The number of nitrogens with zero attached hydrogens (tertiary/aromatic N) is 5. The molecule has 11 nitrogen and oxygen atoms in total. The Morgan fingerprint density at radius 2 is 1.73 bits per heavy atom. The molecule has 0 spiro atoms. The van der Waals surface area contributed by atoms with Crippen molar-refractivity contribution in [2.24, 2.45) is 0 Å². The summed E-state index contributed by atoms with van der Waals surface area (Å²) in [5.74, 6) is 6.06. The fraction of sp³-hybridized carbons (Fsp3) is 0.250. The quantitative estimate of drug-likeness (QED) is 0.314. The molecule has 1 aromatic carbocycles. The van der Waals surface area contributed by atoms with E-state index in [2.05, 4.69) is 36.5 Å². The number of methoxy groups -OCH3 is 2. The SMILES string of the molecule is CC#CCS(=O)(=O)Nc1nc2c(nc1Cl)nc(-c1cccc(OCC)n1)n2-c1c(OC)cccc1OC. The molecule has 0 bridgehead atoms. The van der Waals surface area contributed by atoms with Crippen LogP contribution in [0.25, 0.3) is 28.5 Å². The molecule has 4 aromatic rings. The summed E-state index contributed by atoms with van der Waals surface area (Å²) in [5.41, 5.74) is 1.23. The summed E-state index contributed by atoms with van der Waals surface area (Å²) in [5, 5.41) is -0.181. The largest absolute Gasteiger partial charge is 0.494 e. The minimum absolute atomic E-state index is 0.146. The lowest BCUT2D eigenvalue weighted by molar-refractivity contribution is 0.327. The molecular formula is C24H23ClN6O5S. The summed E-state index contributed by atoms with van der Waals surface area (Å²) in [6.45, 7) is 3.83. The van der Waals surface area contributed by atoms with E-state index in [-0.39, 0.29) is 22.3 Å². The standard InChI is InChI=1S/C24H23ClN6O5S/c1-5-7-14-37(32,33)30-21-20(25)27-22-24(28-21)31(19-16(34-3)11-9-12-17(19)35-4)23(29-22)15-10-8-13-18(26-15)36-6-2/h8-13H,6,14H2,1-4H3,(H,28,30). The Morgan fingerprint density at radius 1 is 1.03 bits per heavy atom. The van der Waals surface area contributed by atoms with Gasteiger partial charge in [0, 0.05) is 6.07 Å². The monoisotopic (exact) mass is 542 g/mol. The Labute approximate surface area is 218 Å². The minimum atomic E-state index is -3.87. The van der Waals surface area contributed by atoms with Gasteiger partial charge in [0.15, 0.2) is 28.1 Å². The summed E-state index contributed by atoms with van der Waals surface area (Å²) in [6, 6.07) is 10.5. The van der Waals surface area contributed by atoms with Crippen LogP contribution in [0.1, 0.15) is 13.8 Å². The van der Waals surface area contributed by atoms with Crippen LogP contribution in [-0.4, -0.2) is 59.5 Å². The third-order valence-electron chi connectivity index (χ3n) is 5.01. The van der Waals surface area contributed by atoms with Crippen LogP contribution in [0.2, 0.25) is 5.15 Å². The number of para-hydroxylation sites is 1. The number of sulfonamides is 1. The highest BCUT2D eigenvalue weighted by atomic mass is 35.5. The number of nitrogens with one attached hydrogen (secondary N) is 1. The van der Waals surface area contributed by atoms with Gasteiger partial charge in [0.05, 0.1) is 20.8 Å². The molecule has 0 aliphatic carbocycles. The lowest BCUT2D eigenvalue weighted by Crippen LogP contribution is -2.17. The summed E-state index contributed by atoms with van der Waals surface area (Å²) in [6.07, 6.45) is 0. The van der Waals surface area contributed by atoms with Crippen molar-refractivity contribution in [1.29, 1.82) is 0 Å². The molecular weight excluding hydrogens is 520 g/mol. The van der Waals surface area contributed by atoms with Crippen LogP contribution < -0.4 is 18.9 Å². The molecule has 0 aliphatic rings.